The molecule has 2 aromatic rings. The minimum atomic E-state index is -4.36. The lowest BCUT2D eigenvalue weighted by Gasteiger charge is -2.05. The molecule has 0 aliphatic rings. The zero-order valence-electron chi connectivity index (χ0n) is 11.3. The molecule has 111 valence electrons. The lowest BCUT2D eigenvalue weighted by Crippen LogP contribution is -2.04. The van der Waals surface area contributed by atoms with Crippen LogP contribution in [-0.2, 0) is 17.6 Å². The number of nitrogens with zero attached hydrogens (tertiary/aromatic N) is 2. The molecule has 0 aliphatic carbocycles. The van der Waals surface area contributed by atoms with Crippen molar-refractivity contribution in [3.8, 4) is 6.07 Å². The molecule has 0 fully saturated rings. The van der Waals surface area contributed by atoms with Gasteiger partial charge < -0.3 is 4.84 Å². The monoisotopic (exact) mass is 303 g/mol. The van der Waals surface area contributed by atoms with Crippen LogP contribution in [0.3, 0.4) is 0 Å². The summed E-state index contributed by atoms with van der Waals surface area (Å²) >= 11 is 0. The fourth-order valence-electron chi connectivity index (χ4n) is 1.66. The van der Waals surface area contributed by atoms with Gasteiger partial charge in [-0.15, -0.1) is 0 Å². The molecule has 0 saturated heterocycles. The van der Waals surface area contributed by atoms with Crippen LogP contribution in [0.5, 0.6) is 0 Å². The Morgan fingerprint density at radius 3 is 2.41 bits per heavy atom. The highest BCUT2D eigenvalue weighted by molar-refractivity contribution is 5.79. The molecule has 0 bridgehead atoms. The molecule has 0 N–H and O–H groups in total. The van der Waals surface area contributed by atoms with E-state index in [0.717, 1.165) is 17.7 Å². The molecule has 22 heavy (non-hydrogen) atoms. The van der Waals surface area contributed by atoms with Crippen molar-refractivity contribution in [3.05, 3.63) is 70.8 Å². The van der Waals surface area contributed by atoms with Gasteiger partial charge in [0.25, 0.3) is 0 Å². The minimum absolute atomic E-state index is 0.142. The number of alkyl halides is 3. The summed E-state index contributed by atoms with van der Waals surface area (Å²) in [5.74, 6) is 0. The molecule has 0 atom stereocenters. The van der Waals surface area contributed by atoms with E-state index in [2.05, 4.69) is 11.4 Å². The highest BCUT2D eigenvalue weighted by Crippen LogP contribution is 2.28. The number of nitriles is 1. The maximum Gasteiger partial charge on any atom is 0.416 e. The summed E-state index contributed by atoms with van der Waals surface area (Å²) in [6, 6.07) is 13.2. The molecule has 0 aromatic heterocycles. The van der Waals surface area contributed by atoms with Crippen molar-refractivity contribution in [2.24, 2.45) is 5.16 Å². The van der Waals surface area contributed by atoms with E-state index in [1.54, 1.807) is 24.3 Å². The number of benzene rings is 2. The van der Waals surface area contributed by atoms with Gasteiger partial charge in [0, 0.05) is 5.56 Å². The van der Waals surface area contributed by atoms with Crippen molar-refractivity contribution in [2.75, 3.05) is 0 Å². The summed E-state index contributed by atoms with van der Waals surface area (Å²) in [5.41, 5.74) is 0.917. The molecule has 6 heteroatoms. The summed E-state index contributed by atoms with van der Waals surface area (Å²) < 4.78 is 37.2. The summed E-state index contributed by atoms with van der Waals surface area (Å²) in [6.45, 7) is 0.142. The van der Waals surface area contributed by atoms with Gasteiger partial charge in [0.2, 0.25) is 0 Å². The highest BCUT2D eigenvalue weighted by Gasteiger charge is 2.29. The van der Waals surface area contributed by atoms with Gasteiger partial charge in [-0.25, -0.2) is 0 Å². The molecule has 0 unspecified atom stereocenters. The molecule has 2 rings (SSSR count). The Kier molecular flexibility index (Phi) is 4.79. The molecule has 0 amide bonds. The second kappa shape index (κ2) is 6.76. The van der Waals surface area contributed by atoms with Crippen LogP contribution in [0.15, 0.2) is 53.7 Å². The first-order valence-corrected chi connectivity index (χ1v) is 6.23. The van der Waals surface area contributed by atoms with E-state index >= 15 is 0 Å². The average molecular weight is 303 g/mol. The summed E-state index contributed by atoms with van der Waals surface area (Å²) in [4.78, 5) is 5.00. The van der Waals surface area contributed by atoms with Crippen LogP contribution in [0, 0.1) is 11.3 Å². The summed E-state index contributed by atoms with van der Waals surface area (Å²) in [5, 5.41) is 12.3. The van der Waals surface area contributed by atoms with E-state index < -0.39 is 11.7 Å². The zero-order chi connectivity index (χ0) is 16.0. The van der Waals surface area contributed by atoms with Gasteiger partial charge in [-0.3, -0.25) is 0 Å². The first-order valence-electron chi connectivity index (χ1n) is 6.23. The van der Waals surface area contributed by atoms with Gasteiger partial charge in [-0.1, -0.05) is 29.4 Å². The fourth-order valence-corrected chi connectivity index (χ4v) is 1.66. The normalized spacial score (nSPS) is 11.4. The molecular weight excluding hydrogens is 293 g/mol. The maximum absolute atomic E-state index is 12.4. The van der Waals surface area contributed by atoms with Gasteiger partial charge in [0.05, 0.1) is 17.2 Å². The third-order valence-corrected chi connectivity index (χ3v) is 2.74. The molecule has 1 radical (unpaired) electrons. The van der Waals surface area contributed by atoms with Crippen molar-refractivity contribution < 1.29 is 18.0 Å². The number of rotatable bonds is 4. The molecule has 0 aliphatic heterocycles. The molecule has 0 spiro atoms. The van der Waals surface area contributed by atoms with Crippen LogP contribution in [-0.4, -0.2) is 6.21 Å². The molecular formula is C16H10F3N2O. The predicted molar refractivity (Wildman–Crippen MR) is 73.9 cm³/mol. The molecule has 3 nitrogen and oxygen atoms in total. The Bertz CT molecular complexity index is 701. The van der Waals surface area contributed by atoms with Gasteiger partial charge in [0.15, 0.2) is 0 Å². The lowest BCUT2D eigenvalue weighted by atomic mass is 10.1. The molecule has 0 saturated carbocycles. The minimum Gasteiger partial charge on any atom is -0.390 e. The molecule has 2 aromatic carbocycles. The van der Waals surface area contributed by atoms with Gasteiger partial charge in [0.1, 0.15) is 12.8 Å². The number of hydrogen-bond donors (Lipinski definition) is 0. The van der Waals surface area contributed by atoms with Gasteiger partial charge >= 0.3 is 6.18 Å². The van der Waals surface area contributed by atoms with Crippen molar-refractivity contribution in [2.45, 2.75) is 12.8 Å². The Labute approximate surface area is 125 Å². The summed E-state index contributed by atoms with van der Waals surface area (Å²) in [6.07, 6.45) is -1.87. The van der Waals surface area contributed by atoms with Gasteiger partial charge in [-0.2, -0.15) is 18.4 Å². The smallest absolute Gasteiger partial charge is 0.390 e. The van der Waals surface area contributed by atoms with E-state index in [9.17, 15) is 13.2 Å². The first kappa shape index (κ1) is 15.6. The second-order valence-electron chi connectivity index (χ2n) is 4.36. The fraction of sp³-hybridized carbons (Fsp3) is 0.125. The van der Waals surface area contributed by atoms with Crippen LogP contribution in [0.25, 0.3) is 0 Å². The third-order valence-electron chi connectivity index (χ3n) is 2.74. The van der Waals surface area contributed by atoms with E-state index in [4.69, 9.17) is 10.1 Å². The average Bonchev–Trinajstić information content (AvgIpc) is 2.51. The number of hydrogen-bond acceptors (Lipinski definition) is 3. The van der Waals surface area contributed by atoms with E-state index in [-0.39, 0.29) is 6.61 Å². The Balaban J connectivity index is 1.91. The topological polar surface area (TPSA) is 45.4 Å². The van der Waals surface area contributed by atoms with E-state index in [1.165, 1.54) is 12.1 Å². The number of halogens is 3. The lowest BCUT2D eigenvalue weighted by molar-refractivity contribution is -0.137. The quantitative estimate of drug-likeness (QED) is 0.633. The predicted octanol–water partition coefficient (Wildman–Crippen LogP) is 4.00. The Morgan fingerprint density at radius 1 is 1.05 bits per heavy atom. The van der Waals surface area contributed by atoms with Crippen LogP contribution < -0.4 is 0 Å². The van der Waals surface area contributed by atoms with Crippen molar-refractivity contribution in [1.82, 2.24) is 0 Å². The second-order valence-corrected chi connectivity index (χ2v) is 4.36. The van der Waals surface area contributed by atoms with Crippen LogP contribution in [0.1, 0.15) is 22.3 Å². The van der Waals surface area contributed by atoms with E-state index in [0.29, 0.717) is 11.1 Å². The SMILES string of the molecule is N#Cc1cccc(CO/N=[C]\c2ccc(C(F)(F)F)cc2)c1. The van der Waals surface area contributed by atoms with Gasteiger partial charge in [-0.05, 0) is 29.8 Å². The summed E-state index contributed by atoms with van der Waals surface area (Å²) in [7, 11) is 0. The standard InChI is InChI=1S/C16H10F3N2O/c17-16(18,19)15-6-4-12(5-7-15)10-21-22-11-14-3-1-2-13(8-14)9-20/h1-8H,11H2. The highest BCUT2D eigenvalue weighted by atomic mass is 19.4. The van der Waals surface area contributed by atoms with Crippen molar-refractivity contribution in [3.63, 3.8) is 0 Å². The third kappa shape index (κ3) is 4.35. The zero-order valence-corrected chi connectivity index (χ0v) is 11.3. The van der Waals surface area contributed by atoms with Crippen molar-refractivity contribution >= 4 is 6.21 Å². The van der Waals surface area contributed by atoms with E-state index in [1.807, 2.05) is 6.07 Å². The maximum atomic E-state index is 12.4. The first-order chi connectivity index (χ1) is 10.5. The van der Waals surface area contributed by atoms with Crippen LogP contribution in [0.4, 0.5) is 13.2 Å². The van der Waals surface area contributed by atoms with Crippen LogP contribution >= 0.6 is 0 Å². The Hall–Kier alpha value is -2.81. The largest absolute Gasteiger partial charge is 0.416 e. The Morgan fingerprint density at radius 2 is 1.77 bits per heavy atom. The van der Waals surface area contributed by atoms with Crippen LogP contribution in [0.2, 0.25) is 0 Å². The molecule has 0 heterocycles. The van der Waals surface area contributed by atoms with Crippen molar-refractivity contribution in [1.29, 1.82) is 5.26 Å².